The molecule has 1 saturated carbocycles. The molecule has 1 fully saturated rings. The van der Waals surface area contributed by atoms with Crippen molar-refractivity contribution in [2.45, 2.75) is 31.7 Å². The van der Waals surface area contributed by atoms with Crippen molar-refractivity contribution in [2.24, 2.45) is 5.92 Å². The van der Waals surface area contributed by atoms with E-state index < -0.39 is 11.5 Å². The van der Waals surface area contributed by atoms with Gasteiger partial charge in [0, 0.05) is 0 Å². The van der Waals surface area contributed by atoms with Gasteiger partial charge in [-0.2, -0.15) is 0 Å². The molecule has 0 saturated heterocycles. The summed E-state index contributed by atoms with van der Waals surface area (Å²) >= 11 is 0. The molecule has 0 spiro atoms. The van der Waals surface area contributed by atoms with Gasteiger partial charge in [-0.15, -0.1) is 0 Å². The lowest BCUT2D eigenvalue weighted by Crippen LogP contribution is -2.49. The zero-order chi connectivity index (χ0) is 12.3. The third-order valence-electron chi connectivity index (χ3n) is 3.75. The second-order valence-electron chi connectivity index (χ2n) is 4.97. The van der Waals surface area contributed by atoms with Gasteiger partial charge >= 0.3 is 5.97 Å². The van der Waals surface area contributed by atoms with Crippen LogP contribution in [0.5, 0.6) is 0 Å². The van der Waals surface area contributed by atoms with Crippen LogP contribution in [0.1, 0.15) is 31.7 Å². The maximum Gasteiger partial charge on any atom is 0.328 e. The predicted molar refractivity (Wildman–Crippen MR) is 66.8 cm³/mol. The highest BCUT2D eigenvalue weighted by atomic mass is 16.4. The van der Waals surface area contributed by atoms with Crippen LogP contribution in [0.25, 0.3) is 0 Å². The average molecular weight is 233 g/mol. The van der Waals surface area contributed by atoms with Crippen molar-refractivity contribution in [3.63, 3.8) is 0 Å². The molecule has 1 atom stereocenters. The lowest BCUT2D eigenvalue weighted by atomic mass is 9.84. The van der Waals surface area contributed by atoms with Gasteiger partial charge in [0.25, 0.3) is 0 Å². The summed E-state index contributed by atoms with van der Waals surface area (Å²) in [5.41, 5.74) is -0.163. The Bertz CT molecular complexity index is 386. The molecule has 1 aromatic carbocycles. The van der Waals surface area contributed by atoms with Gasteiger partial charge in [-0.3, -0.25) is 5.32 Å². The van der Waals surface area contributed by atoms with Crippen LogP contribution in [0, 0.1) is 5.92 Å². The van der Waals surface area contributed by atoms with Crippen molar-refractivity contribution < 1.29 is 9.90 Å². The van der Waals surface area contributed by atoms with Crippen molar-refractivity contribution in [2.75, 3.05) is 6.54 Å². The summed E-state index contributed by atoms with van der Waals surface area (Å²) in [6, 6.07) is 9.38. The highest BCUT2D eigenvalue weighted by Crippen LogP contribution is 2.28. The molecular weight excluding hydrogens is 214 g/mol. The minimum atomic E-state index is -0.975. The van der Waals surface area contributed by atoms with Crippen LogP contribution in [0.4, 0.5) is 0 Å². The van der Waals surface area contributed by atoms with Crippen LogP contribution in [0.3, 0.4) is 0 Å². The molecule has 1 aliphatic carbocycles. The Morgan fingerprint density at radius 2 is 2.06 bits per heavy atom. The first-order valence-electron chi connectivity index (χ1n) is 6.17. The molecule has 2 N–H and O–H groups in total. The van der Waals surface area contributed by atoms with E-state index in [-0.39, 0.29) is 0 Å². The molecule has 0 aromatic heterocycles. The van der Waals surface area contributed by atoms with Gasteiger partial charge in [-0.1, -0.05) is 36.8 Å². The molecule has 1 unspecified atom stereocenters. The van der Waals surface area contributed by atoms with E-state index in [1.54, 1.807) is 6.92 Å². The van der Waals surface area contributed by atoms with Crippen LogP contribution in [0.15, 0.2) is 30.3 Å². The summed E-state index contributed by atoms with van der Waals surface area (Å²) in [7, 11) is 0. The van der Waals surface area contributed by atoms with E-state index >= 15 is 0 Å². The van der Waals surface area contributed by atoms with Crippen LogP contribution in [0.2, 0.25) is 0 Å². The Morgan fingerprint density at radius 1 is 1.41 bits per heavy atom. The summed E-state index contributed by atoms with van der Waals surface area (Å²) < 4.78 is 0. The van der Waals surface area contributed by atoms with Crippen molar-refractivity contribution in [1.82, 2.24) is 5.32 Å². The molecule has 0 bridgehead atoms. The molecule has 0 heterocycles. The van der Waals surface area contributed by atoms with Gasteiger partial charge in [0.05, 0.1) is 0 Å². The number of carboxylic acid groups (broad SMARTS) is 1. The third kappa shape index (κ3) is 2.50. The summed E-state index contributed by atoms with van der Waals surface area (Å²) in [6.45, 7) is 2.53. The topological polar surface area (TPSA) is 49.3 Å². The van der Waals surface area contributed by atoms with Gasteiger partial charge in [0.1, 0.15) is 5.54 Å². The zero-order valence-electron chi connectivity index (χ0n) is 10.1. The summed E-state index contributed by atoms with van der Waals surface area (Å²) in [5.74, 6) is -0.166. The van der Waals surface area contributed by atoms with E-state index in [1.807, 2.05) is 30.3 Å². The number of carboxylic acids is 1. The number of hydrogen-bond donors (Lipinski definition) is 2. The fourth-order valence-electron chi connectivity index (χ4n) is 2.12. The Hall–Kier alpha value is -1.35. The minimum Gasteiger partial charge on any atom is -0.480 e. The van der Waals surface area contributed by atoms with Gasteiger partial charge < -0.3 is 5.11 Å². The second-order valence-corrected chi connectivity index (χ2v) is 4.97. The Kier molecular flexibility index (Phi) is 3.48. The van der Waals surface area contributed by atoms with E-state index in [2.05, 4.69) is 5.32 Å². The molecule has 0 amide bonds. The fourth-order valence-corrected chi connectivity index (χ4v) is 2.12. The fraction of sp³-hybridized carbons (Fsp3) is 0.500. The lowest BCUT2D eigenvalue weighted by Gasteiger charge is -2.32. The number of nitrogens with one attached hydrogen (secondary N) is 1. The number of aliphatic carboxylic acids is 1. The number of rotatable bonds is 5. The van der Waals surface area contributed by atoms with E-state index in [0.717, 1.165) is 12.1 Å². The van der Waals surface area contributed by atoms with Gasteiger partial charge in [-0.25, -0.2) is 4.79 Å². The molecule has 0 aliphatic heterocycles. The van der Waals surface area contributed by atoms with Gasteiger partial charge in [0.15, 0.2) is 0 Å². The Balaban J connectivity index is 2.11. The monoisotopic (exact) mass is 233 g/mol. The lowest BCUT2D eigenvalue weighted by molar-refractivity contribution is -0.144. The molecule has 1 aromatic rings. The molecule has 17 heavy (non-hydrogen) atoms. The van der Waals surface area contributed by atoms with Crippen molar-refractivity contribution in [3.05, 3.63) is 35.9 Å². The Labute approximate surface area is 102 Å². The highest BCUT2D eigenvalue weighted by Gasteiger charge is 2.35. The van der Waals surface area contributed by atoms with Crippen LogP contribution >= 0.6 is 0 Å². The highest BCUT2D eigenvalue weighted by molar-refractivity contribution is 5.80. The van der Waals surface area contributed by atoms with E-state index in [0.29, 0.717) is 5.92 Å². The molecular formula is C14H19NO2. The largest absolute Gasteiger partial charge is 0.480 e. The zero-order valence-corrected chi connectivity index (χ0v) is 10.1. The number of benzene rings is 1. The first kappa shape index (κ1) is 12.1. The maximum absolute atomic E-state index is 11.5. The molecule has 3 heteroatoms. The van der Waals surface area contributed by atoms with Crippen molar-refractivity contribution >= 4 is 5.97 Å². The summed E-state index contributed by atoms with van der Waals surface area (Å²) in [6.07, 6.45) is 3.72. The smallest absolute Gasteiger partial charge is 0.328 e. The summed E-state index contributed by atoms with van der Waals surface area (Å²) in [5, 5.41) is 12.6. The average Bonchev–Trinajstić information content (AvgIpc) is 2.27. The SMILES string of the molecule is CC(NCC1CCC1)(C(=O)O)c1ccccc1. The van der Waals surface area contributed by atoms with Crippen LogP contribution < -0.4 is 5.32 Å². The number of carbonyl (C=O) groups is 1. The van der Waals surface area contributed by atoms with Crippen molar-refractivity contribution in [1.29, 1.82) is 0 Å². The van der Waals surface area contributed by atoms with E-state index in [9.17, 15) is 9.90 Å². The minimum absolute atomic E-state index is 0.650. The number of hydrogen-bond acceptors (Lipinski definition) is 2. The van der Waals surface area contributed by atoms with E-state index in [4.69, 9.17) is 0 Å². The molecule has 0 radical (unpaired) electrons. The third-order valence-corrected chi connectivity index (χ3v) is 3.75. The summed E-state index contributed by atoms with van der Waals surface area (Å²) in [4.78, 5) is 11.5. The molecule has 3 nitrogen and oxygen atoms in total. The molecule has 92 valence electrons. The maximum atomic E-state index is 11.5. The second kappa shape index (κ2) is 4.88. The normalized spacial score (nSPS) is 19.4. The van der Waals surface area contributed by atoms with Crippen molar-refractivity contribution in [3.8, 4) is 0 Å². The Morgan fingerprint density at radius 3 is 2.53 bits per heavy atom. The van der Waals surface area contributed by atoms with Crippen LogP contribution in [-0.2, 0) is 10.3 Å². The standard InChI is InChI=1S/C14H19NO2/c1-14(13(16)17,12-8-3-2-4-9-12)15-10-11-6-5-7-11/h2-4,8-9,11,15H,5-7,10H2,1H3,(H,16,17). The van der Waals surface area contributed by atoms with Crippen LogP contribution in [-0.4, -0.2) is 17.6 Å². The quantitative estimate of drug-likeness (QED) is 0.821. The first-order valence-corrected chi connectivity index (χ1v) is 6.17. The molecule has 1 aliphatic rings. The van der Waals surface area contributed by atoms with Gasteiger partial charge in [0.2, 0.25) is 0 Å². The first-order chi connectivity index (χ1) is 8.13. The predicted octanol–water partition coefficient (Wildman–Crippen LogP) is 2.38. The van der Waals surface area contributed by atoms with Gasteiger partial charge in [-0.05, 0) is 37.8 Å². The molecule has 2 rings (SSSR count). The van der Waals surface area contributed by atoms with E-state index in [1.165, 1.54) is 19.3 Å².